The van der Waals surface area contributed by atoms with Gasteiger partial charge in [0, 0.05) is 13.5 Å². The van der Waals surface area contributed by atoms with Crippen LogP contribution in [0.5, 0.6) is 0 Å². The van der Waals surface area contributed by atoms with Crippen molar-refractivity contribution in [1.29, 1.82) is 0 Å². The Morgan fingerprint density at radius 2 is 2.25 bits per heavy atom. The second-order valence-electron chi connectivity index (χ2n) is 3.23. The van der Waals surface area contributed by atoms with Crippen LogP contribution >= 0.6 is 0 Å². The van der Waals surface area contributed by atoms with Crippen LogP contribution in [0, 0.1) is 5.92 Å². The molecular formula is C8H16O4. The maximum atomic E-state index is 9.51. The number of rotatable bonds is 2. The van der Waals surface area contributed by atoms with E-state index in [2.05, 4.69) is 0 Å². The van der Waals surface area contributed by atoms with Crippen molar-refractivity contribution in [3.8, 4) is 0 Å². The van der Waals surface area contributed by atoms with Crippen molar-refractivity contribution in [1.82, 2.24) is 0 Å². The Morgan fingerprint density at radius 1 is 1.58 bits per heavy atom. The summed E-state index contributed by atoms with van der Waals surface area (Å²) in [6, 6.07) is 0. The number of aliphatic hydroxyl groups excluding tert-OH is 2. The monoisotopic (exact) mass is 176 g/mol. The van der Waals surface area contributed by atoms with E-state index >= 15 is 0 Å². The van der Waals surface area contributed by atoms with Crippen molar-refractivity contribution in [3.05, 3.63) is 0 Å². The lowest BCUT2D eigenvalue weighted by molar-refractivity contribution is -0.234. The molecule has 2 N–H and O–H groups in total. The van der Waals surface area contributed by atoms with Crippen molar-refractivity contribution >= 4 is 0 Å². The molecule has 0 aromatic carbocycles. The highest BCUT2D eigenvalue weighted by Crippen LogP contribution is 2.25. The molecule has 0 saturated carbocycles. The Morgan fingerprint density at radius 3 is 2.75 bits per heavy atom. The molecule has 1 saturated heterocycles. The van der Waals surface area contributed by atoms with E-state index in [1.54, 1.807) is 7.11 Å². The van der Waals surface area contributed by atoms with E-state index in [0.717, 1.165) is 0 Å². The first-order valence-corrected chi connectivity index (χ1v) is 4.16. The predicted molar refractivity (Wildman–Crippen MR) is 42.5 cm³/mol. The molecule has 1 heterocycles. The molecule has 1 aliphatic rings. The molecule has 72 valence electrons. The van der Waals surface area contributed by atoms with Gasteiger partial charge in [-0.2, -0.15) is 0 Å². The second kappa shape index (κ2) is 4.18. The van der Waals surface area contributed by atoms with Crippen LogP contribution in [0.2, 0.25) is 0 Å². The van der Waals surface area contributed by atoms with Crippen molar-refractivity contribution in [2.24, 2.45) is 5.92 Å². The zero-order valence-corrected chi connectivity index (χ0v) is 7.43. The van der Waals surface area contributed by atoms with Crippen LogP contribution in [0.25, 0.3) is 0 Å². The van der Waals surface area contributed by atoms with Crippen LogP contribution in [0.4, 0.5) is 0 Å². The van der Waals surface area contributed by atoms with E-state index in [0.29, 0.717) is 6.42 Å². The quantitative estimate of drug-likeness (QED) is 0.608. The summed E-state index contributed by atoms with van der Waals surface area (Å²) >= 11 is 0. The summed E-state index contributed by atoms with van der Waals surface area (Å²) in [4.78, 5) is 0. The number of methoxy groups -OCH3 is 1. The van der Waals surface area contributed by atoms with Gasteiger partial charge in [-0.3, -0.25) is 0 Å². The van der Waals surface area contributed by atoms with Crippen molar-refractivity contribution in [3.63, 3.8) is 0 Å². The maximum absolute atomic E-state index is 9.51. The number of hydrogen-bond acceptors (Lipinski definition) is 4. The fourth-order valence-electron chi connectivity index (χ4n) is 1.44. The molecule has 4 nitrogen and oxygen atoms in total. The van der Waals surface area contributed by atoms with Gasteiger partial charge in [0.2, 0.25) is 0 Å². The van der Waals surface area contributed by atoms with Gasteiger partial charge in [0.25, 0.3) is 0 Å². The molecule has 4 atom stereocenters. The Labute approximate surface area is 72.1 Å². The summed E-state index contributed by atoms with van der Waals surface area (Å²) in [6.07, 6.45) is -0.700. The van der Waals surface area contributed by atoms with Gasteiger partial charge in [-0.05, 0) is 5.92 Å². The summed E-state index contributed by atoms with van der Waals surface area (Å²) in [6.45, 7) is 1.76. The van der Waals surface area contributed by atoms with Crippen LogP contribution in [0.1, 0.15) is 13.3 Å². The molecule has 0 aromatic rings. The van der Waals surface area contributed by atoms with Gasteiger partial charge in [0.05, 0.1) is 12.7 Å². The zero-order chi connectivity index (χ0) is 9.14. The molecule has 1 rings (SSSR count). The molecular weight excluding hydrogens is 160 g/mol. The van der Waals surface area contributed by atoms with Crippen LogP contribution in [-0.4, -0.2) is 42.4 Å². The molecule has 12 heavy (non-hydrogen) atoms. The minimum atomic E-state index is -0.582. The minimum absolute atomic E-state index is 0.112. The first-order valence-electron chi connectivity index (χ1n) is 4.16. The van der Waals surface area contributed by atoms with Gasteiger partial charge in [0.15, 0.2) is 6.29 Å². The number of aliphatic hydroxyl groups is 2. The summed E-state index contributed by atoms with van der Waals surface area (Å²) in [5.41, 5.74) is 0. The normalized spacial score (nSPS) is 43.0. The average Bonchev–Trinajstić information content (AvgIpc) is 2.09. The Kier molecular flexibility index (Phi) is 3.46. The smallest absolute Gasteiger partial charge is 0.158 e. The average molecular weight is 176 g/mol. The molecule has 0 spiro atoms. The van der Waals surface area contributed by atoms with Crippen LogP contribution in [-0.2, 0) is 9.47 Å². The van der Waals surface area contributed by atoms with Crippen molar-refractivity contribution in [2.75, 3.05) is 13.7 Å². The van der Waals surface area contributed by atoms with Gasteiger partial charge >= 0.3 is 0 Å². The first-order chi connectivity index (χ1) is 5.69. The first kappa shape index (κ1) is 9.92. The molecule has 0 aliphatic carbocycles. The van der Waals surface area contributed by atoms with E-state index in [1.165, 1.54) is 0 Å². The molecule has 1 aliphatic heterocycles. The standard InChI is InChI=1S/C8H16O4/c1-5-3-7(11-2)12-6(4-9)8(5)10/h5-10H,3-4H2,1-2H3/t5?,6-,7-,8+/m1/s1. The third-order valence-electron chi connectivity index (χ3n) is 2.30. The molecule has 1 unspecified atom stereocenters. The fraction of sp³-hybridized carbons (Fsp3) is 1.00. The minimum Gasteiger partial charge on any atom is -0.394 e. The number of hydrogen-bond donors (Lipinski definition) is 2. The summed E-state index contributed by atoms with van der Waals surface area (Å²) in [5, 5.41) is 18.4. The topological polar surface area (TPSA) is 58.9 Å². The van der Waals surface area contributed by atoms with Gasteiger partial charge in [-0.15, -0.1) is 0 Å². The number of ether oxygens (including phenoxy) is 2. The van der Waals surface area contributed by atoms with Crippen LogP contribution in [0.15, 0.2) is 0 Å². The molecule has 0 aromatic heterocycles. The highest BCUT2D eigenvalue weighted by atomic mass is 16.7. The van der Waals surface area contributed by atoms with E-state index in [4.69, 9.17) is 14.6 Å². The van der Waals surface area contributed by atoms with Crippen LogP contribution in [0.3, 0.4) is 0 Å². The predicted octanol–water partition coefficient (Wildman–Crippen LogP) is -0.263. The van der Waals surface area contributed by atoms with E-state index in [9.17, 15) is 5.11 Å². The summed E-state index contributed by atoms with van der Waals surface area (Å²) < 4.78 is 10.2. The van der Waals surface area contributed by atoms with E-state index in [1.807, 2.05) is 6.92 Å². The lowest BCUT2D eigenvalue weighted by Gasteiger charge is -2.36. The van der Waals surface area contributed by atoms with Gasteiger partial charge in [-0.1, -0.05) is 6.92 Å². The van der Waals surface area contributed by atoms with Gasteiger partial charge < -0.3 is 19.7 Å². The summed E-state index contributed by atoms with van der Waals surface area (Å²) in [5.74, 6) is 0.112. The molecule has 0 bridgehead atoms. The lowest BCUT2D eigenvalue weighted by atomic mass is 9.93. The van der Waals surface area contributed by atoms with Crippen molar-refractivity contribution in [2.45, 2.75) is 31.8 Å². The Balaban J connectivity index is 2.52. The molecule has 0 radical (unpaired) electrons. The molecule has 4 heteroatoms. The third-order valence-corrected chi connectivity index (χ3v) is 2.30. The summed E-state index contributed by atoms with van der Waals surface area (Å²) in [7, 11) is 1.56. The largest absolute Gasteiger partial charge is 0.394 e. The zero-order valence-electron chi connectivity index (χ0n) is 7.43. The SMILES string of the molecule is CO[C@H]1CC(C)[C@H](O)[C@@H](CO)O1. The molecule has 1 fully saturated rings. The maximum Gasteiger partial charge on any atom is 0.158 e. The second-order valence-corrected chi connectivity index (χ2v) is 3.23. The highest BCUT2D eigenvalue weighted by molar-refractivity contribution is 4.79. The lowest BCUT2D eigenvalue weighted by Crippen LogP contribution is -2.46. The van der Waals surface area contributed by atoms with Gasteiger partial charge in [0.1, 0.15) is 6.10 Å². The fourth-order valence-corrected chi connectivity index (χ4v) is 1.44. The van der Waals surface area contributed by atoms with E-state index < -0.39 is 12.2 Å². The van der Waals surface area contributed by atoms with E-state index in [-0.39, 0.29) is 18.8 Å². The highest BCUT2D eigenvalue weighted by Gasteiger charge is 2.34. The Hall–Kier alpha value is -0.160. The van der Waals surface area contributed by atoms with Crippen molar-refractivity contribution < 1.29 is 19.7 Å². The van der Waals surface area contributed by atoms with Crippen LogP contribution < -0.4 is 0 Å². The van der Waals surface area contributed by atoms with Gasteiger partial charge in [-0.25, -0.2) is 0 Å². The Bertz CT molecular complexity index is 139. The third kappa shape index (κ3) is 1.95. The molecule has 0 amide bonds.